The number of aryl methyl sites for hydroxylation is 1. The van der Waals surface area contributed by atoms with E-state index in [0.717, 1.165) is 18.4 Å². The smallest absolute Gasteiger partial charge is 0.165 e. The number of rotatable bonds is 6. The number of unbranched alkanes of at least 4 members (excludes halogenated alkanes) is 2. The molecule has 1 nitrogen and oxygen atoms in total. The molecule has 0 heterocycles. The number of carbonyl (C=O) groups is 1. The topological polar surface area (TPSA) is 17.1 Å². The monoisotopic (exact) mass is 218 g/mol. The van der Waals surface area contributed by atoms with Crippen molar-refractivity contribution in [2.75, 3.05) is 0 Å². The fourth-order valence-electron chi connectivity index (χ4n) is 1.83. The molecule has 1 atom stereocenters. The molecular formula is C15H22O. The van der Waals surface area contributed by atoms with Crippen LogP contribution in [0.15, 0.2) is 24.3 Å². The van der Waals surface area contributed by atoms with E-state index in [1.165, 1.54) is 18.4 Å². The number of carbonyl (C=O) groups excluding carboxylic acids is 1. The average Bonchev–Trinajstić information content (AvgIpc) is 2.29. The van der Waals surface area contributed by atoms with Crippen LogP contribution in [0.2, 0.25) is 0 Å². The number of benzene rings is 1. The second kappa shape index (κ2) is 6.47. The van der Waals surface area contributed by atoms with Gasteiger partial charge in [-0.15, -0.1) is 0 Å². The van der Waals surface area contributed by atoms with Crippen molar-refractivity contribution in [2.45, 2.75) is 46.5 Å². The van der Waals surface area contributed by atoms with Crippen LogP contribution in [0.1, 0.15) is 55.5 Å². The van der Waals surface area contributed by atoms with Crippen LogP contribution < -0.4 is 0 Å². The summed E-state index contributed by atoms with van der Waals surface area (Å²) in [5.41, 5.74) is 2.06. The van der Waals surface area contributed by atoms with Crippen molar-refractivity contribution in [3.05, 3.63) is 35.4 Å². The first-order chi connectivity index (χ1) is 7.65. The van der Waals surface area contributed by atoms with E-state index < -0.39 is 0 Å². The Morgan fingerprint density at radius 2 is 1.81 bits per heavy atom. The molecule has 1 heteroatoms. The van der Waals surface area contributed by atoms with Crippen LogP contribution in [0.5, 0.6) is 0 Å². The Balaban J connectivity index is 2.53. The van der Waals surface area contributed by atoms with Crippen LogP contribution in [-0.4, -0.2) is 5.78 Å². The van der Waals surface area contributed by atoms with Gasteiger partial charge in [-0.1, -0.05) is 62.9 Å². The molecule has 0 N–H and O–H groups in total. The zero-order valence-corrected chi connectivity index (χ0v) is 10.6. The molecule has 0 spiro atoms. The Hall–Kier alpha value is -1.11. The lowest BCUT2D eigenvalue weighted by Crippen LogP contribution is -2.11. The number of hydrogen-bond donors (Lipinski definition) is 0. The zero-order valence-electron chi connectivity index (χ0n) is 10.6. The van der Waals surface area contributed by atoms with Crippen LogP contribution in [0.3, 0.4) is 0 Å². The fourth-order valence-corrected chi connectivity index (χ4v) is 1.83. The maximum atomic E-state index is 12.1. The molecule has 0 saturated carbocycles. The van der Waals surface area contributed by atoms with Gasteiger partial charge in [0.2, 0.25) is 0 Å². The molecular weight excluding hydrogens is 196 g/mol. The van der Waals surface area contributed by atoms with E-state index in [4.69, 9.17) is 0 Å². The third kappa shape index (κ3) is 3.80. The summed E-state index contributed by atoms with van der Waals surface area (Å²) in [4.78, 5) is 12.1. The maximum Gasteiger partial charge on any atom is 0.165 e. The van der Waals surface area contributed by atoms with Crippen LogP contribution in [0.25, 0.3) is 0 Å². The molecule has 0 aliphatic heterocycles. The van der Waals surface area contributed by atoms with Crippen molar-refractivity contribution in [1.29, 1.82) is 0 Å². The Morgan fingerprint density at radius 3 is 2.38 bits per heavy atom. The van der Waals surface area contributed by atoms with E-state index in [1.807, 2.05) is 38.1 Å². The van der Waals surface area contributed by atoms with E-state index in [9.17, 15) is 4.79 Å². The minimum absolute atomic E-state index is 0.161. The van der Waals surface area contributed by atoms with E-state index in [0.29, 0.717) is 0 Å². The maximum absolute atomic E-state index is 12.1. The largest absolute Gasteiger partial charge is 0.294 e. The summed E-state index contributed by atoms with van der Waals surface area (Å²) < 4.78 is 0. The lowest BCUT2D eigenvalue weighted by molar-refractivity contribution is 0.0922. The second-order valence-corrected chi connectivity index (χ2v) is 4.63. The van der Waals surface area contributed by atoms with E-state index in [1.54, 1.807) is 0 Å². The van der Waals surface area contributed by atoms with Crippen LogP contribution >= 0.6 is 0 Å². The van der Waals surface area contributed by atoms with Crippen molar-refractivity contribution in [2.24, 2.45) is 5.92 Å². The molecule has 0 bridgehead atoms. The van der Waals surface area contributed by atoms with Gasteiger partial charge >= 0.3 is 0 Å². The molecule has 88 valence electrons. The molecule has 1 rings (SSSR count). The summed E-state index contributed by atoms with van der Waals surface area (Å²) in [5.74, 6) is 0.449. The Kier molecular flexibility index (Phi) is 5.24. The van der Waals surface area contributed by atoms with Crippen molar-refractivity contribution in [3.8, 4) is 0 Å². The zero-order chi connectivity index (χ0) is 12.0. The van der Waals surface area contributed by atoms with Gasteiger partial charge in [0, 0.05) is 11.5 Å². The first kappa shape index (κ1) is 13.0. The second-order valence-electron chi connectivity index (χ2n) is 4.63. The van der Waals surface area contributed by atoms with Crippen molar-refractivity contribution < 1.29 is 4.79 Å². The van der Waals surface area contributed by atoms with E-state index in [2.05, 4.69) is 6.92 Å². The molecule has 0 fully saturated rings. The third-order valence-corrected chi connectivity index (χ3v) is 3.02. The number of Topliss-reactive ketones (excluding diaryl/α,β-unsaturated/α-hetero) is 1. The first-order valence-electron chi connectivity index (χ1n) is 6.26. The molecule has 0 aliphatic rings. The van der Waals surface area contributed by atoms with Gasteiger partial charge in [-0.3, -0.25) is 4.79 Å². The molecule has 0 saturated heterocycles. The molecule has 0 radical (unpaired) electrons. The van der Waals surface area contributed by atoms with Gasteiger partial charge in [0.15, 0.2) is 5.78 Å². The Morgan fingerprint density at radius 1 is 1.19 bits per heavy atom. The first-order valence-corrected chi connectivity index (χ1v) is 6.26. The van der Waals surface area contributed by atoms with Crippen LogP contribution in [0.4, 0.5) is 0 Å². The van der Waals surface area contributed by atoms with E-state index >= 15 is 0 Å². The highest BCUT2D eigenvalue weighted by atomic mass is 16.1. The molecule has 1 aromatic carbocycles. The van der Waals surface area contributed by atoms with Crippen molar-refractivity contribution in [1.82, 2.24) is 0 Å². The Bertz CT molecular complexity index is 324. The summed E-state index contributed by atoms with van der Waals surface area (Å²) in [5, 5.41) is 0. The Labute approximate surface area is 98.9 Å². The number of hydrogen-bond acceptors (Lipinski definition) is 1. The highest BCUT2D eigenvalue weighted by Gasteiger charge is 2.14. The normalized spacial score (nSPS) is 12.4. The summed E-state index contributed by atoms with van der Waals surface area (Å²) in [6.45, 7) is 6.27. The van der Waals surface area contributed by atoms with Crippen molar-refractivity contribution >= 4 is 5.78 Å². The summed E-state index contributed by atoms with van der Waals surface area (Å²) >= 11 is 0. The highest BCUT2D eigenvalue weighted by molar-refractivity contribution is 5.97. The van der Waals surface area contributed by atoms with Gasteiger partial charge in [0.25, 0.3) is 0 Å². The van der Waals surface area contributed by atoms with Gasteiger partial charge < -0.3 is 0 Å². The minimum atomic E-state index is 0.161. The molecule has 0 amide bonds. The third-order valence-electron chi connectivity index (χ3n) is 3.02. The summed E-state index contributed by atoms with van der Waals surface area (Å²) in [6.07, 6.45) is 4.62. The molecule has 0 aromatic heterocycles. The van der Waals surface area contributed by atoms with E-state index in [-0.39, 0.29) is 11.7 Å². The standard InChI is InChI=1S/C15H22O/c1-4-5-6-7-13(3)15(16)14-10-8-12(2)9-11-14/h8-11,13H,4-7H2,1-3H3. The lowest BCUT2D eigenvalue weighted by atomic mass is 9.94. The fraction of sp³-hybridized carbons (Fsp3) is 0.533. The van der Waals surface area contributed by atoms with Crippen LogP contribution in [-0.2, 0) is 0 Å². The summed E-state index contributed by atoms with van der Waals surface area (Å²) in [6, 6.07) is 7.89. The predicted octanol–water partition coefficient (Wildman–Crippen LogP) is 4.39. The van der Waals surface area contributed by atoms with Crippen LogP contribution in [0, 0.1) is 12.8 Å². The molecule has 16 heavy (non-hydrogen) atoms. The SMILES string of the molecule is CCCCCC(C)C(=O)c1ccc(C)cc1. The van der Waals surface area contributed by atoms with Gasteiger partial charge in [-0.2, -0.15) is 0 Å². The highest BCUT2D eigenvalue weighted by Crippen LogP contribution is 2.16. The predicted molar refractivity (Wildman–Crippen MR) is 68.8 cm³/mol. The minimum Gasteiger partial charge on any atom is -0.294 e. The van der Waals surface area contributed by atoms with Gasteiger partial charge in [0.05, 0.1) is 0 Å². The molecule has 1 aromatic rings. The summed E-state index contributed by atoms with van der Waals surface area (Å²) in [7, 11) is 0. The van der Waals surface area contributed by atoms with Gasteiger partial charge in [0.1, 0.15) is 0 Å². The van der Waals surface area contributed by atoms with Crippen molar-refractivity contribution in [3.63, 3.8) is 0 Å². The number of ketones is 1. The van der Waals surface area contributed by atoms with Gasteiger partial charge in [-0.05, 0) is 13.3 Å². The molecule has 1 unspecified atom stereocenters. The lowest BCUT2D eigenvalue weighted by Gasteiger charge is -2.10. The average molecular weight is 218 g/mol. The molecule has 0 aliphatic carbocycles. The van der Waals surface area contributed by atoms with Gasteiger partial charge in [-0.25, -0.2) is 0 Å². The quantitative estimate of drug-likeness (QED) is 0.511.